The molecule has 0 saturated carbocycles. The van der Waals surface area contributed by atoms with Gasteiger partial charge in [0.05, 0.1) is 13.7 Å². The van der Waals surface area contributed by atoms with Crippen LogP contribution in [0.15, 0.2) is 23.8 Å². The average molecular weight is 305 g/mol. The summed E-state index contributed by atoms with van der Waals surface area (Å²) in [6.45, 7) is 1.31. The van der Waals surface area contributed by atoms with Crippen molar-refractivity contribution in [3.8, 4) is 17.6 Å². The highest BCUT2D eigenvalue weighted by molar-refractivity contribution is 5.97. The number of benzene rings is 1. The van der Waals surface area contributed by atoms with Crippen molar-refractivity contribution in [2.24, 2.45) is 0 Å². The standard InChI is InChI=1S/C15H15NO6/c1-3-21-15(19)11(8-16)6-10-4-5-12(13(7-10)20-2)22-9-14(17)18/h4-7H,3,9H2,1-2H3,(H,17,18)/b11-6-. The lowest BCUT2D eigenvalue weighted by atomic mass is 10.1. The molecule has 22 heavy (non-hydrogen) atoms. The van der Waals surface area contributed by atoms with E-state index in [2.05, 4.69) is 0 Å². The molecule has 0 bridgehead atoms. The Labute approximate surface area is 127 Å². The summed E-state index contributed by atoms with van der Waals surface area (Å²) in [5.74, 6) is -1.29. The number of carboxylic acid groups (broad SMARTS) is 1. The number of aliphatic carboxylic acids is 1. The zero-order chi connectivity index (χ0) is 16.5. The number of esters is 1. The molecule has 0 fully saturated rings. The molecule has 0 unspecified atom stereocenters. The summed E-state index contributed by atoms with van der Waals surface area (Å²) in [5, 5.41) is 17.6. The van der Waals surface area contributed by atoms with E-state index >= 15 is 0 Å². The van der Waals surface area contributed by atoms with E-state index in [1.54, 1.807) is 19.1 Å². The Bertz CT molecular complexity index is 629. The van der Waals surface area contributed by atoms with Gasteiger partial charge in [-0.05, 0) is 30.7 Å². The van der Waals surface area contributed by atoms with Gasteiger partial charge < -0.3 is 19.3 Å². The molecule has 1 aromatic carbocycles. The average Bonchev–Trinajstić information content (AvgIpc) is 2.50. The van der Waals surface area contributed by atoms with Crippen molar-refractivity contribution in [3.05, 3.63) is 29.3 Å². The van der Waals surface area contributed by atoms with E-state index in [4.69, 9.17) is 24.6 Å². The van der Waals surface area contributed by atoms with Gasteiger partial charge in [-0.1, -0.05) is 6.07 Å². The van der Waals surface area contributed by atoms with Crippen molar-refractivity contribution in [2.75, 3.05) is 20.3 Å². The van der Waals surface area contributed by atoms with Gasteiger partial charge in [-0.15, -0.1) is 0 Å². The summed E-state index contributed by atoms with van der Waals surface area (Å²) in [6, 6.07) is 6.35. The molecule has 0 aliphatic heterocycles. The first-order valence-corrected chi connectivity index (χ1v) is 6.33. The molecule has 0 aliphatic carbocycles. The summed E-state index contributed by atoms with van der Waals surface area (Å²) in [7, 11) is 1.40. The number of carbonyl (C=O) groups is 2. The Morgan fingerprint density at radius 3 is 2.64 bits per heavy atom. The Morgan fingerprint density at radius 1 is 1.36 bits per heavy atom. The summed E-state index contributed by atoms with van der Waals surface area (Å²) >= 11 is 0. The van der Waals surface area contributed by atoms with Crippen LogP contribution in [-0.4, -0.2) is 37.4 Å². The third kappa shape index (κ3) is 4.83. The molecule has 0 saturated heterocycles. The number of methoxy groups -OCH3 is 1. The van der Waals surface area contributed by atoms with Gasteiger partial charge in [0, 0.05) is 0 Å². The molecule has 1 aromatic rings. The molecule has 1 rings (SSSR count). The van der Waals surface area contributed by atoms with Gasteiger partial charge in [-0.3, -0.25) is 0 Å². The highest BCUT2D eigenvalue weighted by atomic mass is 16.5. The minimum atomic E-state index is -1.11. The zero-order valence-electron chi connectivity index (χ0n) is 12.2. The van der Waals surface area contributed by atoms with E-state index in [9.17, 15) is 9.59 Å². The normalized spacial score (nSPS) is 10.5. The molecule has 7 nitrogen and oxygen atoms in total. The predicted octanol–water partition coefficient (Wildman–Crippen LogP) is 1.63. The maximum Gasteiger partial charge on any atom is 0.348 e. The van der Waals surface area contributed by atoms with Gasteiger partial charge in [0.2, 0.25) is 0 Å². The third-order valence-corrected chi connectivity index (χ3v) is 2.47. The molecule has 0 aromatic heterocycles. The number of nitrogens with zero attached hydrogens (tertiary/aromatic N) is 1. The number of rotatable bonds is 7. The van der Waals surface area contributed by atoms with Gasteiger partial charge in [0.25, 0.3) is 0 Å². The van der Waals surface area contributed by atoms with E-state index in [1.807, 2.05) is 0 Å². The fraction of sp³-hybridized carbons (Fsp3) is 0.267. The van der Waals surface area contributed by atoms with Gasteiger partial charge in [-0.25, -0.2) is 9.59 Å². The molecule has 0 atom stereocenters. The topological polar surface area (TPSA) is 106 Å². The summed E-state index contributed by atoms with van der Waals surface area (Å²) in [5.41, 5.74) is 0.368. The molecule has 0 amide bonds. The van der Waals surface area contributed by atoms with Crippen molar-refractivity contribution in [2.45, 2.75) is 6.92 Å². The zero-order valence-corrected chi connectivity index (χ0v) is 12.2. The lowest BCUT2D eigenvalue weighted by molar-refractivity contribution is -0.139. The lowest BCUT2D eigenvalue weighted by Crippen LogP contribution is -2.10. The quantitative estimate of drug-likeness (QED) is 0.463. The highest BCUT2D eigenvalue weighted by Gasteiger charge is 2.11. The molecule has 0 radical (unpaired) electrons. The Balaban J connectivity index is 3.04. The van der Waals surface area contributed by atoms with E-state index in [-0.39, 0.29) is 23.7 Å². The Hall–Kier alpha value is -3.01. The van der Waals surface area contributed by atoms with Crippen LogP contribution in [0.5, 0.6) is 11.5 Å². The van der Waals surface area contributed by atoms with Crippen molar-refractivity contribution in [1.29, 1.82) is 5.26 Å². The fourth-order valence-corrected chi connectivity index (χ4v) is 1.55. The highest BCUT2D eigenvalue weighted by Crippen LogP contribution is 2.29. The SMILES string of the molecule is CCOC(=O)/C(C#N)=C\c1ccc(OCC(=O)O)c(OC)c1. The van der Waals surface area contributed by atoms with E-state index in [1.165, 1.54) is 25.3 Å². The van der Waals surface area contributed by atoms with Gasteiger partial charge in [0.1, 0.15) is 11.6 Å². The molecule has 0 aliphatic rings. The molecule has 0 spiro atoms. The first kappa shape index (κ1) is 17.0. The van der Waals surface area contributed by atoms with Crippen LogP contribution in [0.1, 0.15) is 12.5 Å². The smallest absolute Gasteiger partial charge is 0.348 e. The van der Waals surface area contributed by atoms with E-state index < -0.39 is 18.5 Å². The van der Waals surface area contributed by atoms with Gasteiger partial charge >= 0.3 is 11.9 Å². The fourth-order valence-electron chi connectivity index (χ4n) is 1.55. The maximum atomic E-state index is 11.5. The van der Waals surface area contributed by atoms with Crippen LogP contribution in [0.25, 0.3) is 6.08 Å². The maximum absolute atomic E-state index is 11.5. The van der Waals surface area contributed by atoms with Crippen LogP contribution in [0.2, 0.25) is 0 Å². The van der Waals surface area contributed by atoms with Crippen molar-refractivity contribution >= 4 is 18.0 Å². The number of carbonyl (C=O) groups excluding carboxylic acids is 1. The van der Waals surface area contributed by atoms with Crippen LogP contribution >= 0.6 is 0 Å². The third-order valence-electron chi connectivity index (χ3n) is 2.47. The number of hydrogen-bond donors (Lipinski definition) is 1. The number of hydrogen-bond acceptors (Lipinski definition) is 6. The minimum Gasteiger partial charge on any atom is -0.493 e. The summed E-state index contributed by atoms with van der Waals surface area (Å²) in [6.07, 6.45) is 1.35. The largest absolute Gasteiger partial charge is 0.493 e. The summed E-state index contributed by atoms with van der Waals surface area (Å²) < 4.78 is 14.9. The van der Waals surface area contributed by atoms with Crippen LogP contribution in [0, 0.1) is 11.3 Å². The molecule has 0 heterocycles. The monoisotopic (exact) mass is 305 g/mol. The second-order valence-electron chi connectivity index (χ2n) is 3.98. The molecule has 116 valence electrons. The van der Waals surface area contributed by atoms with Crippen LogP contribution in [0.4, 0.5) is 0 Å². The van der Waals surface area contributed by atoms with E-state index in [0.717, 1.165) is 0 Å². The molecule has 1 N–H and O–H groups in total. The summed E-state index contributed by atoms with van der Waals surface area (Å²) in [4.78, 5) is 22.0. The van der Waals surface area contributed by atoms with Gasteiger partial charge in [-0.2, -0.15) is 5.26 Å². The minimum absolute atomic E-state index is 0.150. The number of carboxylic acids is 1. The second-order valence-corrected chi connectivity index (χ2v) is 3.98. The van der Waals surface area contributed by atoms with Crippen LogP contribution in [0.3, 0.4) is 0 Å². The number of ether oxygens (including phenoxy) is 3. The lowest BCUT2D eigenvalue weighted by Gasteiger charge is -2.09. The van der Waals surface area contributed by atoms with E-state index in [0.29, 0.717) is 5.56 Å². The second kappa shape index (κ2) is 8.32. The Kier molecular flexibility index (Phi) is 6.44. The number of nitriles is 1. The van der Waals surface area contributed by atoms with Crippen LogP contribution in [-0.2, 0) is 14.3 Å². The van der Waals surface area contributed by atoms with Crippen molar-refractivity contribution in [1.82, 2.24) is 0 Å². The Morgan fingerprint density at radius 2 is 2.09 bits per heavy atom. The van der Waals surface area contributed by atoms with Crippen molar-refractivity contribution in [3.63, 3.8) is 0 Å². The van der Waals surface area contributed by atoms with Crippen LogP contribution < -0.4 is 9.47 Å². The molecular formula is C15H15NO6. The van der Waals surface area contributed by atoms with Crippen molar-refractivity contribution < 1.29 is 28.9 Å². The molecular weight excluding hydrogens is 290 g/mol. The molecule has 7 heteroatoms. The predicted molar refractivity (Wildman–Crippen MR) is 76.3 cm³/mol. The van der Waals surface area contributed by atoms with Gasteiger partial charge in [0.15, 0.2) is 18.1 Å². The first-order chi connectivity index (χ1) is 10.5. The first-order valence-electron chi connectivity index (χ1n) is 6.33.